The van der Waals surface area contributed by atoms with E-state index < -0.39 is 0 Å². The van der Waals surface area contributed by atoms with Gasteiger partial charge >= 0.3 is 0 Å². The molecule has 3 rings (SSSR count). The minimum absolute atomic E-state index is 0.562. The molecular formula is C15H12N2OS2. The van der Waals surface area contributed by atoms with Crippen LogP contribution in [0.2, 0.25) is 0 Å². The van der Waals surface area contributed by atoms with E-state index in [1.54, 1.807) is 17.6 Å². The Morgan fingerprint density at radius 3 is 2.90 bits per heavy atom. The number of rotatable bonds is 3. The summed E-state index contributed by atoms with van der Waals surface area (Å²) in [5.74, 6) is 0.925. The Hall–Kier alpha value is -2.03. The van der Waals surface area contributed by atoms with E-state index in [4.69, 9.17) is 10.2 Å². The van der Waals surface area contributed by atoms with Crippen molar-refractivity contribution in [2.75, 3.05) is 5.73 Å². The van der Waals surface area contributed by atoms with Crippen LogP contribution < -0.4 is 5.73 Å². The van der Waals surface area contributed by atoms with E-state index in [1.165, 1.54) is 11.3 Å². The third kappa shape index (κ3) is 1.94. The second-order valence-electron chi connectivity index (χ2n) is 4.25. The predicted molar refractivity (Wildman–Crippen MR) is 83.8 cm³/mol. The summed E-state index contributed by atoms with van der Waals surface area (Å²) in [6, 6.07) is 8.15. The molecule has 3 heterocycles. The summed E-state index contributed by atoms with van der Waals surface area (Å²) in [5.41, 5.74) is 8.73. The maximum Gasteiger partial charge on any atom is 0.129 e. The Labute approximate surface area is 124 Å². The van der Waals surface area contributed by atoms with Crippen molar-refractivity contribution in [3.8, 4) is 27.0 Å². The van der Waals surface area contributed by atoms with E-state index in [-0.39, 0.29) is 0 Å². The number of aryl methyl sites for hydroxylation is 1. The molecule has 100 valence electrons. The van der Waals surface area contributed by atoms with E-state index in [1.807, 2.05) is 23.6 Å². The first-order valence-corrected chi connectivity index (χ1v) is 7.88. The van der Waals surface area contributed by atoms with Crippen LogP contribution in [0.25, 0.3) is 20.9 Å². The molecule has 0 spiro atoms. The summed E-state index contributed by atoms with van der Waals surface area (Å²) in [4.78, 5) is 2.66. The second kappa shape index (κ2) is 5.16. The van der Waals surface area contributed by atoms with Crippen LogP contribution in [0.5, 0.6) is 0 Å². The molecule has 3 aromatic heterocycles. The van der Waals surface area contributed by atoms with Crippen LogP contribution in [0.3, 0.4) is 0 Å². The highest BCUT2D eigenvalue weighted by Crippen LogP contribution is 2.47. The maximum absolute atomic E-state index is 9.24. The molecule has 0 fully saturated rings. The van der Waals surface area contributed by atoms with Gasteiger partial charge in [0.05, 0.1) is 12.0 Å². The summed E-state index contributed by atoms with van der Waals surface area (Å²) in [6.07, 6.45) is 2.50. The van der Waals surface area contributed by atoms with Gasteiger partial charge in [-0.3, -0.25) is 0 Å². The molecule has 0 bridgehead atoms. The molecule has 0 saturated heterocycles. The quantitative estimate of drug-likeness (QED) is 0.759. The molecule has 0 atom stereocenters. The first-order valence-electron chi connectivity index (χ1n) is 6.19. The molecule has 0 aliphatic rings. The summed E-state index contributed by atoms with van der Waals surface area (Å²) in [7, 11) is 0. The monoisotopic (exact) mass is 300 g/mol. The molecule has 0 aromatic carbocycles. The van der Waals surface area contributed by atoms with Crippen LogP contribution >= 0.6 is 22.7 Å². The number of hydrogen-bond donors (Lipinski definition) is 1. The standard InChI is InChI=1S/C15H12N2OS2/c1-2-10-9(5-6-18-10)15-13(11-4-3-7-19-11)14(17)12(8-16)20-15/h3-7H,2,17H2,1H3. The lowest BCUT2D eigenvalue weighted by atomic mass is 10.1. The Morgan fingerprint density at radius 1 is 1.40 bits per heavy atom. The Balaban J connectivity index is 2.29. The topological polar surface area (TPSA) is 63.0 Å². The van der Waals surface area contributed by atoms with Crippen LogP contribution in [-0.4, -0.2) is 0 Å². The van der Waals surface area contributed by atoms with Crippen molar-refractivity contribution in [3.63, 3.8) is 0 Å². The number of thiophene rings is 2. The van der Waals surface area contributed by atoms with Gasteiger partial charge in [0.25, 0.3) is 0 Å². The molecule has 0 saturated carbocycles. The van der Waals surface area contributed by atoms with E-state index in [0.29, 0.717) is 10.6 Å². The van der Waals surface area contributed by atoms with Gasteiger partial charge in [0.2, 0.25) is 0 Å². The molecule has 3 nitrogen and oxygen atoms in total. The Bertz CT molecular complexity index is 776. The summed E-state index contributed by atoms with van der Waals surface area (Å²) in [6.45, 7) is 2.05. The predicted octanol–water partition coefficient (Wildman–Crippen LogP) is 4.75. The van der Waals surface area contributed by atoms with Crippen molar-refractivity contribution in [2.45, 2.75) is 13.3 Å². The Kier molecular flexibility index (Phi) is 3.35. The molecule has 3 aromatic rings. The summed E-state index contributed by atoms with van der Waals surface area (Å²) >= 11 is 3.06. The second-order valence-corrected chi connectivity index (χ2v) is 6.22. The molecule has 20 heavy (non-hydrogen) atoms. The van der Waals surface area contributed by atoms with Gasteiger partial charge in [-0.1, -0.05) is 13.0 Å². The van der Waals surface area contributed by atoms with E-state index >= 15 is 0 Å². The zero-order valence-electron chi connectivity index (χ0n) is 10.8. The van der Waals surface area contributed by atoms with Crippen LogP contribution in [0.1, 0.15) is 17.6 Å². The minimum Gasteiger partial charge on any atom is -0.469 e. The van der Waals surface area contributed by atoms with Crippen molar-refractivity contribution in [1.82, 2.24) is 0 Å². The zero-order chi connectivity index (χ0) is 14.1. The highest BCUT2D eigenvalue weighted by atomic mass is 32.1. The number of nitrogen functional groups attached to an aromatic ring is 1. The van der Waals surface area contributed by atoms with Gasteiger partial charge < -0.3 is 10.2 Å². The molecule has 5 heteroatoms. The van der Waals surface area contributed by atoms with E-state index in [9.17, 15) is 5.26 Å². The van der Waals surface area contributed by atoms with Crippen LogP contribution in [-0.2, 0) is 6.42 Å². The average Bonchev–Trinajstić information content (AvgIpc) is 3.16. The van der Waals surface area contributed by atoms with Crippen LogP contribution in [0.15, 0.2) is 34.3 Å². The number of furan rings is 1. The number of nitriles is 1. The number of anilines is 1. The molecule has 0 unspecified atom stereocenters. The summed E-state index contributed by atoms with van der Waals surface area (Å²) < 4.78 is 5.51. The van der Waals surface area contributed by atoms with Crippen LogP contribution in [0, 0.1) is 11.3 Å². The minimum atomic E-state index is 0.562. The van der Waals surface area contributed by atoms with Gasteiger partial charge in [0, 0.05) is 27.3 Å². The van der Waals surface area contributed by atoms with Crippen molar-refractivity contribution in [2.24, 2.45) is 0 Å². The molecule has 0 aliphatic carbocycles. The number of hydrogen-bond acceptors (Lipinski definition) is 5. The lowest BCUT2D eigenvalue weighted by molar-refractivity contribution is 0.517. The highest BCUT2D eigenvalue weighted by molar-refractivity contribution is 7.19. The van der Waals surface area contributed by atoms with Gasteiger partial charge in [-0.15, -0.1) is 22.7 Å². The number of nitrogens with zero attached hydrogens (tertiary/aromatic N) is 1. The molecule has 0 radical (unpaired) electrons. The summed E-state index contributed by atoms with van der Waals surface area (Å²) in [5, 5.41) is 11.3. The van der Waals surface area contributed by atoms with Crippen LogP contribution in [0.4, 0.5) is 5.69 Å². The smallest absolute Gasteiger partial charge is 0.129 e. The average molecular weight is 300 g/mol. The van der Waals surface area contributed by atoms with Gasteiger partial charge in [0.1, 0.15) is 16.7 Å². The van der Waals surface area contributed by atoms with E-state index in [2.05, 4.69) is 13.0 Å². The fourth-order valence-corrected chi connectivity index (χ4v) is 4.13. The van der Waals surface area contributed by atoms with Gasteiger partial charge in [-0.05, 0) is 17.5 Å². The molecule has 2 N–H and O–H groups in total. The molecule has 0 aliphatic heterocycles. The molecule has 0 amide bonds. The van der Waals surface area contributed by atoms with Crippen molar-refractivity contribution < 1.29 is 4.42 Å². The molecular weight excluding hydrogens is 288 g/mol. The normalized spacial score (nSPS) is 10.6. The highest BCUT2D eigenvalue weighted by Gasteiger charge is 2.22. The van der Waals surface area contributed by atoms with Gasteiger partial charge in [0.15, 0.2) is 0 Å². The van der Waals surface area contributed by atoms with E-state index in [0.717, 1.165) is 33.1 Å². The lowest BCUT2D eigenvalue weighted by Crippen LogP contribution is -1.88. The largest absolute Gasteiger partial charge is 0.469 e. The SMILES string of the molecule is CCc1occc1-c1sc(C#N)c(N)c1-c1cccs1. The van der Waals surface area contributed by atoms with Crippen molar-refractivity contribution >= 4 is 28.4 Å². The third-order valence-electron chi connectivity index (χ3n) is 3.13. The zero-order valence-corrected chi connectivity index (χ0v) is 12.5. The van der Waals surface area contributed by atoms with Gasteiger partial charge in [-0.2, -0.15) is 5.26 Å². The Morgan fingerprint density at radius 2 is 2.25 bits per heavy atom. The van der Waals surface area contributed by atoms with Crippen molar-refractivity contribution in [3.05, 3.63) is 40.5 Å². The van der Waals surface area contributed by atoms with Gasteiger partial charge in [-0.25, -0.2) is 0 Å². The number of nitrogens with two attached hydrogens (primary N) is 1. The first kappa shape index (κ1) is 13.0. The fourth-order valence-electron chi connectivity index (χ4n) is 2.20. The fraction of sp³-hybridized carbons (Fsp3) is 0.133. The maximum atomic E-state index is 9.24. The lowest BCUT2D eigenvalue weighted by Gasteiger charge is -2.03. The first-order chi connectivity index (χ1) is 9.76. The third-order valence-corrected chi connectivity index (χ3v) is 5.16. The van der Waals surface area contributed by atoms with Crippen molar-refractivity contribution in [1.29, 1.82) is 5.26 Å².